The third kappa shape index (κ3) is 3.45. The van der Waals surface area contributed by atoms with E-state index in [4.69, 9.17) is 14.2 Å². The Bertz CT molecular complexity index is 872. The van der Waals surface area contributed by atoms with Crippen LogP contribution in [0.2, 0.25) is 0 Å². The highest BCUT2D eigenvalue weighted by atomic mass is 16.5. The van der Waals surface area contributed by atoms with Gasteiger partial charge in [0, 0.05) is 25.2 Å². The van der Waals surface area contributed by atoms with Gasteiger partial charge in [0.2, 0.25) is 17.6 Å². The fourth-order valence-corrected chi connectivity index (χ4v) is 3.54. The average Bonchev–Trinajstić information content (AvgIpc) is 3.02. The number of aromatic nitrogens is 1. The molecule has 0 unspecified atom stereocenters. The number of hydrogen-bond donors (Lipinski definition) is 1. The molecule has 0 aliphatic carbocycles. The predicted molar refractivity (Wildman–Crippen MR) is 103 cm³/mol. The van der Waals surface area contributed by atoms with Gasteiger partial charge in [-0.25, -0.2) is 4.98 Å². The fourth-order valence-electron chi connectivity index (χ4n) is 3.54. The van der Waals surface area contributed by atoms with Gasteiger partial charge in [0.15, 0.2) is 11.5 Å². The number of methoxy groups -OCH3 is 3. The van der Waals surface area contributed by atoms with Crippen LogP contribution in [0.3, 0.4) is 0 Å². The fraction of sp³-hybridized carbons (Fsp3) is 0.350. The van der Waals surface area contributed by atoms with Crippen LogP contribution in [0.15, 0.2) is 36.5 Å². The molecule has 2 atom stereocenters. The first-order valence-electron chi connectivity index (χ1n) is 8.78. The minimum absolute atomic E-state index is 0.0946. The van der Waals surface area contributed by atoms with Crippen molar-refractivity contribution in [3.05, 3.63) is 42.1 Å². The van der Waals surface area contributed by atoms with Gasteiger partial charge in [-0.3, -0.25) is 9.59 Å². The molecule has 148 valence electrons. The van der Waals surface area contributed by atoms with Crippen LogP contribution in [-0.2, 0) is 9.59 Å². The molecule has 28 heavy (non-hydrogen) atoms. The molecule has 1 fully saturated rings. The summed E-state index contributed by atoms with van der Waals surface area (Å²) >= 11 is 0. The first kappa shape index (κ1) is 19.5. The summed E-state index contributed by atoms with van der Waals surface area (Å²) in [6.45, 7) is 0. The lowest BCUT2D eigenvalue weighted by Gasteiger charge is -2.27. The third-order valence-electron chi connectivity index (χ3n) is 4.89. The van der Waals surface area contributed by atoms with Gasteiger partial charge < -0.3 is 24.4 Å². The SMILES string of the molecule is COc1ccc([C@@H]2[C@@H](C(=O)Nc3ccccn3)CC(=O)N2C)c(OC)c1OC. The Balaban J connectivity index is 2.00. The Morgan fingerprint density at radius 1 is 1.11 bits per heavy atom. The van der Waals surface area contributed by atoms with Crippen LogP contribution in [0.1, 0.15) is 18.0 Å². The number of rotatable bonds is 6. The Morgan fingerprint density at radius 2 is 1.86 bits per heavy atom. The maximum atomic E-state index is 12.9. The van der Waals surface area contributed by atoms with E-state index in [-0.39, 0.29) is 18.2 Å². The Hall–Kier alpha value is -3.29. The summed E-state index contributed by atoms with van der Waals surface area (Å²) in [5, 5.41) is 2.79. The van der Waals surface area contributed by atoms with E-state index in [1.807, 2.05) is 0 Å². The molecule has 1 aromatic carbocycles. The Kier molecular flexibility index (Phi) is 5.67. The molecule has 0 spiro atoms. The second-order valence-corrected chi connectivity index (χ2v) is 6.39. The summed E-state index contributed by atoms with van der Waals surface area (Å²) in [6.07, 6.45) is 1.69. The van der Waals surface area contributed by atoms with Crippen molar-refractivity contribution in [1.29, 1.82) is 0 Å². The average molecular weight is 385 g/mol. The van der Waals surface area contributed by atoms with Crippen LogP contribution in [0.25, 0.3) is 0 Å². The van der Waals surface area contributed by atoms with Crippen molar-refractivity contribution in [1.82, 2.24) is 9.88 Å². The van der Waals surface area contributed by atoms with E-state index in [1.165, 1.54) is 21.3 Å². The van der Waals surface area contributed by atoms with Gasteiger partial charge in [0.05, 0.1) is 33.3 Å². The highest BCUT2D eigenvalue weighted by Gasteiger charge is 2.44. The van der Waals surface area contributed by atoms with E-state index < -0.39 is 12.0 Å². The van der Waals surface area contributed by atoms with E-state index in [0.29, 0.717) is 28.6 Å². The quantitative estimate of drug-likeness (QED) is 0.820. The van der Waals surface area contributed by atoms with Crippen molar-refractivity contribution in [2.24, 2.45) is 5.92 Å². The molecule has 1 aliphatic rings. The summed E-state index contributed by atoms with van der Waals surface area (Å²) in [7, 11) is 6.24. The lowest BCUT2D eigenvalue weighted by molar-refractivity contribution is -0.128. The Morgan fingerprint density at radius 3 is 2.46 bits per heavy atom. The van der Waals surface area contributed by atoms with Crippen LogP contribution >= 0.6 is 0 Å². The molecular weight excluding hydrogens is 362 g/mol. The first-order valence-corrected chi connectivity index (χ1v) is 8.78. The van der Waals surface area contributed by atoms with Gasteiger partial charge in [-0.2, -0.15) is 0 Å². The van der Waals surface area contributed by atoms with Crippen LogP contribution in [0, 0.1) is 5.92 Å². The molecule has 0 saturated carbocycles. The molecule has 8 heteroatoms. The van der Waals surface area contributed by atoms with Gasteiger partial charge >= 0.3 is 0 Å². The van der Waals surface area contributed by atoms with Crippen molar-refractivity contribution in [3.63, 3.8) is 0 Å². The van der Waals surface area contributed by atoms with Gasteiger partial charge in [0.25, 0.3) is 0 Å². The highest BCUT2D eigenvalue weighted by molar-refractivity contribution is 5.97. The zero-order chi connectivity index (χ0) is 20.3. The van der Waals surface area contributed by atoms with Crippen LogP contribution in [0.5, 0.6) is 17.2 Å². The topological polar surface area (TPSA) is 90.0 Å². The number of benzene rings is 1. The monoisotopic (exact) mass is 385 g/mol. The molecule has 2 heterocycles. The second kappa shape index (κ2) is 8.16. The first-order chi connectivity index (χ1) is 13.5. The number of anilines is 1. The smallest absolute Gasteiger partial charge is 0.231 e. The van der Waals surface area contributed by atoms with E-state index in [2.05, 4.69) is 10.3 Å². The van der Waals surface area contributed by atoms with E-state index in [1.54, 1.807) is 48.5 Å². The second-order valence-electron chi connectivity index (χ2n) is 6.39. The lowest BCUT2D eigenvalue weighted by atomic mass is 9.91. The number of likely N-dealkylation sites (tertiary alicyclic amines) is 1. The van der Waals surface area contributed by atoms with Crippen LogP contribution < -0.4 is 19.5 Å². The number of carbonyl (C=O) groups excluding carboxylic acids is 2. The van der Waals surface area contributed by atoms with Crippen LogP contribution in [-0.4, -0.2) is 50.1 Å². The third-order valence-corrected chi connectivity index (χ3v) is 4.89. The van der Waals surface area contributed by atoms with Crippen molar-refractivity contribution in [2.45, 2.75) is 12.5 Å². The molecule has 1 aliphatic heterocycles. The van der Waals surface area contributed by atoms with Gasteiger partial charge in [0.1, 0.15) is 5.82 Å². The summed E-state index contributed by atoms with van der Waals surface area (Å²) < 4.78 is 16.3. The van der Waals surface area contributed by atoms with E-state index >= 15 is 0 Å². The van der Waals surface area contributed by atoms with Crippen molar-refractivity contribution < 1.29 is 23.8 Å². The number of amides is 2. The molecule has 1 saturated heterocycles. The van der Waals surface area contributed by atoms with Gasteiger partial charge in [-0.1, -0.05) is 6.07 Å². The lowest BCUT2D eigenvalue weighted by Crippen LogP contribution is -2.30. The zero-order valence-electron chi connectivity index (χ0n) is 16.3. The molecule has 1 aromatic heterocycles. The number of hydrogen-bond acceptors (Lipinski definition) is 6. The van der Waals surface area contributed by atoms with Crippen molar-refractivity contribution in [3.8, 4) is 17.2 Å². The molecular formula is C20H23N3O5. The van der Waals surface area contributed by atoms with Gasteiger partial charge in [-0.05, 0) is 24.3 Å². The summed E-state index contributed by atoms with van der Waals surface area (Å²) in [4.78, 5) is 31.1. The number of carbonyl (C=O) groups is 2. The van der Waals surface area contributed by atoms with Crippen LogP contribution in [0.4, 0.5) is 5.82 Å². The molecule has 2 amide bonds. The largest absolute Gasteiger partial charge is 0.493 e. The Labute approximate surface area is 163 Å². The standard InChI is InChI=1S/C20H23N3O5/c1-23-16(24)11-13(20(25)22-15-7-5-6-10-21-15)17(23)12-8-9-14(26-2)19(28-4)18(12)27-3/h5-10,13,17H,11H2,1-4H3,(H,21,22,25)/t13-,17+/m0/s1. The zero-order valence-corrected chi connectivity index (χ0v) is 16.3. The number of nitrogens with one attached hydrogen (secondary N) is 1. The number of ether oxygens (including phenoxy) is 3. The minimum Gasteiger partial charge on any atom is -0.493 e. The summed E-state index contributed by atoms with van der Waals surface area (Å²) in [6, 6.07) is 8.27. The highest BCUT2D eigenvalue weighted by Crippen LogP contribution is 2.47. The molecule has 0 bridgehead atoms. The summed E-state index contributed by atoms with van der Waals surface area (Å²) in [5.41, 5.74) is 0.676. The van der Waals surface area contributed by atoms with Gasteiger partial charge in [-0.15, -0.1) is 0 Å². The minimum atomic E-state index is -0.605. The van der Waals surface area contributed by atoms with Crippen molar-refractivity contribution >= 4 is 17.6 Å². The maximum Gasteiger partial charge on any atom is 0.231 e. The molecule has 1 N–H and O–H groups in total. The molecule has 8 nitrogen and oxygen atoms in total. The number of pyridine rings is 1. The van der Waals surface area contributed by atoms with E-state index in [9.17, 15) is 9.59 Å². The predicted octanol–water partition coefficient (Wildman–Crippen LogP) is 2.27. The molecule has 3 rings (SSSR count). The normalized spacial score (nSPS) is 18.7. The maximum absolute atomic E-state index is 12.9. The summed E-state index contributed by atoms with van der Waals surface area (Å²) in [5.74, 6) is 0.785. The van der Waals surface area contributed by atoms with E-state index in [0.717, 1.165) is 0 Å². The molecule has 0 radical (unpaired) electrons. The number of nitrogens with zero attached hydrogens (tertiary/aromatic N) is 2. The molecule has 2 aromatic rings. The van der Waals surface area contributed by atoms with Crippen molar-refractivity contribution in [2.75, 3.05) is 33.7 Å².